The first-order valence-electron chi connectivity index (χ1n) is 10.5. The van der Waals surface area contributed by atoms with Crippen LogP contribution < -0.4 is 0 Å². The van der Waals surface area contributed by atoms with Gasteiger partial charge < -0.3 is 4.90 Å². The molecule has 0 atom stereocenters. The van der Waals surface area contributed by atoms with E-state index in [-0.39, 0.29) is 0 Å². The average Bonchev–Trinajstić information content (AvgIpc) is 2.73. The van der Waals surface area contributed by atoms with Gasteiger partial charge in [0.15, 0.2) is 0 Å². The standard InChI is InChI=1S/C24H32N2O/c27-24(16-9-14-21-10-3-1-4-11-21)26(20-22-12-5-2-6-13-22)19-17-23-15-7-8-18-25-23/h1,3-4,7-8,10-11,15,18,22H,2,5-6,9,12-14,16-17,19-20H2. The smallest absolute Gasteiger partial charge is 0.222 e. The lowest BCUT2D eigenvalue weighted by molar-refractivity contribution is -0.132. The lowest BCUT2D eigenvalue weighted by Gasteiger charge is -2.30. The van der Waals surface area contributed by atoms with Gasteiger partial charge in [-0.1, -0.05) is 55.7 Å². The number of amides is 1. The van der Waals surface area contributed by atoms with Crippen molar-refractivity contribution in [1.82, 2.24) is 9.88 Å². The predicted octanol–water partition coefficient (Wildman–Crippen LogP) is 5.06. The summed E-state index contributed by atoms with van der Waals surface area (Å²) in [6.45, 7) is 1.72. The largest absolute Gasteiger partial charge is 0.342 e. The molecule has 0 bridgehead atoms. The van der Waals surface area contributed by atoms with E-state index in [1.54, 1.807) is 0 Å². The van der Waals surface area contributed by atoms with Crippen LogP contribution in [-0.2, 0) is 17.6 Å². The first-order chi connectivity index (χ1) is 13.3. The molecule has 3 heteroatoms. The molecule has 1 fully saturated rings. The normalized spacial score (nSPS) is 14.8. The molecule has 2 aromatic rings. The summed E-state index contributed by atoms with van der Waals surface area (Å²) in [5, 5.41) is 0. The maximum atomic E-state index is 12.9. The molecule has 0 spiro atoms. The van der Waals surface area contributed by atoms with E-state index in [9.17, 15) is 4.79 Å². The van der Waals surface area contributed by atoms with Crippen molar-refractivity contribution in [2.45, 2.75) is 57.8 Å². The molecular formula is C24H32N2O. The molecule has 1 saturated carbocycles. The summed E-state index contributed by atoms with van der Waals surface area (Å²) in [6, 6.07) is 16.5. The molecule has 144 valence electrons. The van der Waals surface area contributed by atoms with Gasteiger partial charge in [-0.25, -0.2) is 0 Å². The minimum atomic E-state index is 0.312. The molecule has 0 saturated heterocycles. The van der Waals surface area contributed by atoms with Gasteiger partial charge in [-0.2, -0.15) is 0 Å². The highest BCUT2D eigenvalue weighted by Gasteiger charge is 2.20. The number of nitrogens with zero attached hydrogens (tertiary/aromatic N) is 2. The third-order valence-corrected chi connectivity index (χ3v) is 5.62. The topological polar surface area (TPSA) is 33.2 Å². The monoisotopic (exact) mass is 364 g/mol. The molecular weight excluding hydrogens is 332 g/mol. The Morgan fingerprint density at radius 2 is 1.74 bits per heavy atom. The molecule has 1 aliphatic rings. The number of benzene rings is 1. The fourth-order valence-electron chi connectivity index (χ4n) is 4.04. The fourth-order valence-corrected chi connectivity index (χ4v) is 4.04. The second kappa shape index (κ2) is 10.9. The van der Waals surface area contributed by atoms with Crippen LogP contribution in [0.3, 0.4) is 0 Å². The molecule has 1 aromatic heterocycles. The van der Waals surface area contributed by atoms with Crippen molar-refractivity contribution in [3.63, 3.8) is 0 Å². The van der Waals surface area contributed by atoms with Crippen LogP contribution in [0.5, 0.6) is 0 Å². The summed E-state index contributed by atoms with van der Waals surface area (Å²) < 4.78 is 0. The van der Waals surface area contributed by atoms with Crippen LogP contribution in [0.4, 0.5) is 0 Å². The number of hydrogen-bond donors (Lipinski definition) is 0. The van der Waals surface area contributed by atoms with E-state index in [0.29, 0.717) is 18.2 Å². The van der Waals surface area contributed by atoms with Gasteiger partial charge in [-0.15, -0.1) is 0 Å². The second-order valence-electron chi connectivity index (χ2n) is 7.75. The lowest BCUT2D eigenvalue weighted by Crippen LogP contribution is -2.37. The summed E-state index contributed by atoms with van der Waals surface area (Å²) in [7, 11) is 0. The maximum Gasteiger partial charge on any atom is 0.222 e. The van der Waals surface area contributed by atoms with Crippen LogP contribution in [-0.4, -0.2) is 28.9 Å². The van der Waals surface area contributed by atoms with Gasteiger partial charge in [-0.3, -0.25) is 9.78 Å². The number of aromatic nitrogens is 1. The molecule has 0 N–H and O–H groups in total. The summed E-state index contributed by atoms with van der Waals surface area (Å²) in [4.78, 5) is 19.5. The third kappa shape index (κ3) is 6.82. The molecule has 0 unspecified atom stereocenters. The Labute approximate surface area is 163 Å². The molecule has 3 rings (SSSR count). The van der Waals surface area contributed by atoms with Gasteiger partial charge in [0.1, 0.15) is 0 Å². The van der Waals surface area contributed by atoms with Gasteiger partial charge in [0.2, 0.25) is 5.91 Å². The lowest BCUT2D eigenvalue weighted by atomic mass is 9.89. The van der Waals surface area contributed by atoms with Gasteiger partial charge in [0.05, 0.1) is 0 Å². The molecule has 0 aliphatic heterocycles. The van der Waals surface area contributed by atoms with Crippen molar-refractivity contribution in [3.05, 3.63) is 66.0 Å². The number of rotatable bonds is 9. The van der Waals surface area contributed by atoms with Gasteiger partial charge in [0, 0.05) is 37.8 Å². The first kappa shape index (κ1) is 19.6. The molecule has 27 heavy (non-hydrogen) atoms. The maximum absolute atomic E-state index is 12.9. The van der Waals surface area contributed by atoms with Crippen LogP contribution in [0.2, 0.25) is 0 Å². The van der Waals surface area contributed by atoms with Crippen molar-refractivity contribution in [3.8, 4) is 0 Å². The van der Waals surface area contributed by atoms with Gasteiger partial charge in [0.25, 0.3) is 0 Å². The van der Waals surface area contributed by atoms with E-state index >= 15 is 0 Å². The van der Waals surface area contributed by atoms with Crippen molar-refractivity contribution in [2.24, 2.45) is 5.92 Å². The van der Waals surface area contributed by atoms with Crippen molar-refractivity contribution in [2.75, 3.05) is 13.1 Å². The number of pyridine rings is 1. The van der Waals surface area contributed by atoms with Crippen molar-refractivity contribution < 1.29 is 4.79 Å². The molecule has 0 radical (unpaired) electrons. The number of hydrogen-bond acceptors (Lipinski definition) is 2. The third-order valence-electron chi connectivity index (χ3n) is 5.62. The zero-order valence-corrected chi connectivity index (χ0v) is 16.4. The highest BCUT2D eigenvalue weighted by atomic mass is 16.2. The van der Waals surface area contributed by atoms with Crippen molar-refractivity contribution >= 4 is 5.91 Å². The van der Waals surface area contributed by atoms with Crippen LogP contribution in [0.25, 0.3) is 0 Å². The number of carbonyl (C=O) groups is 1. The van der Waals surface area contributed by atoms with E-state index in [1.807, 2.05) is 24.4 Å². The zero-order chi connectivity index (χ0) is 18.7. The van der Waals surface area contributed by atoms with Crippen LogP contribution in [0.1, 0.15) is 56.2 Å². The fraction of sp³-hybridized carbons (Fsp3) is 0.500. The quantitative estimate of drug-likeness (QED) is 0.623. The van der Waals surface area contributed by atoms with Gasteiger partial charge in [-0.05, 0) is 49.3 Å². The van der Waals surface area contributed by atoms with E-state index in [0.717, 1.165) is 38.0 Å². The van der Waals surface area contributed by atoms with E-state index in [4.69, 9.17) is 0 Å². The average molecular weight is 365 g/mol. The second-order valence-corrected chi connectivity index (χ2v) is 7.75. The van der Waals surface area contributed by atoms with Crippen LogP contribution >= 0.6 is 0 Å². The van der Waals surface area contributed by atoms with Gasteiger partial charge >= 0.3 is 0 Å². The molecule has 3 nitrogen and oxygen atoms in total. The minimum absolute atomic E-state index is 0.312. The Balaban J connectivity index is 1.52. The molecule has 1 heterocycles. The summed E-state index contributed by atoms with van der Waals surface area (Å²) in [5.41, 5.74) is 2.39. The SMILES string of the molecule is O=C(CCCc1ccccc1)N(CCc1ccccn1)CC1CCCCC1. The van der Waals surface area contributed by atoms with E-state index < -0.39 is 0 Å². The highest BCUT2D eigenvalue weighted by Crippen LogP contribution is 2.25. The highest BCUT2D eigenvalue weighted by molar-refractivity contribution is 5.76. The Morgan fingerprint density at radius 1 is 0.963 bits per heavy atom. The Morgan fingerprint density at radius 3 is 2.48 bits per heavy atom. The minimum Gasteiger partial charge on any atom is -0.342 e. The zero-order valence-electron chi connectivity index (χ0n) is 16.4. The summed E-state index contributed by atoms with van der Waals surface area (Å²) in [6.07, 6.45) is 11.8. The molecule has 1 aliphatic carbocycles. The molecule has 1 aromatic carbocycles. The number of aryl methyl sites for hydroxylation is 1. The van der Waals surface area contributed by atoms with Crippen molar-refractivity contribution in [1.29, 1.82) is 0 Å². The Kier molecular flexibility index (Phi) is 7.88. The van der Waals surface area contributed by atoms with Crippen LogP contribution in [0, 0.1) is 5.92 Å². The first-order valence-corrected chi connectivity index (χ1v) is 10.5. The van der Waals surface area contributed by atoms with Crippen LogP contribution in [0.15, 0.2) is 54.7 Å². The number of carbonyl (C=O) groups excluding carboxylic acids is 1. The van der Waals surface area contributed by atoms with E-state index in [1.165, 1.54) is 37.7 Å². The predicted molar refractivity (Wildman–Crippen MR) is 110 cm³/mol. The summed E-state index contributed by atoms with van der Waals surface area (Å²) in [5.74, 6) is 0.994. The van der Waals surface area contributed by atoms with E-state index in [2.05, 4.69) is 40.2 Å². The Hall–Kier alpha value is -2.16. The summed E-state index contributed by atoms with van der Waals surface area (Å²) >= 11 is 0. The Bertz CT molecular complexity index is 665. The molecule has 1 amide bonds.